The van der Waals surface area contributed by atoms with Crippen molar-refractivity contribution < 1.29 is 4.79 Å². The van der Waals surface area contributed by atoms with Crippen LogP contribution in [0.25, 0.3) is 10.2 Å². The summed E-state index contributed by atoms with van der Waals surface area (Å²) in [7, 11) is 1.69. The fourth-order valence-corrected chi connectivity index (χ4v) is 3.99. The third kappa shape index (κ3) is 2.62. The van der Waals surface area contributed by atoms with Crippen molar-refractivity contribution in [2.75, 3.05) is 5.75 Å². The van der Waals surface area contributed by atoms with Gasteiger partial charge in [0.1, 0.15) is 4.83 Å². The molecule has 0 spiro atoms. The van der Waals surface area contributed by atoms with Crippen molar-refractivity contribution in [1.29, 1.82) is 0 Å². The van der Waals surface area contributed by atoms with E-state index < -0.39 is 0 Å². The van der Waals surface area contributed by atoms with E-state index >= 15 is 0 Å². The molecule has 3 aromatic heterocycles. The molecule has 1 N–H and O–H groups in total. The molecule has 0 aliphatic heterocycles. The van der Waals surface area contributed by atoms with Crippen LogP contribution in [-0.2, 0) is 7.05 Å². The molecule has 7 heteroatoms. The molecule has 114 valence electrons. The van der Waals surface area contributed by atoms with Crippen molar-refractivity contribution in [2.45, 2.75) is 19.0 Å². The summed E-state index contributed by atoms with van der Waals surface area (Å²) in [6.07, 6.45) is 0. The van der Waals surface area contributed by atoms with Crippen molar-refractivity contribution in [2.24, 2.45) is 7.05 Å². The number of Topliss-reactive ketones (excluding diaryl/α,β-unsaturated/α-hetero) is 1. The minimum absolute atomic E-state index is 0.0346. The zero-order chi connectivity index (χ0) is 15.9. The van der Waals surface area contributed by atoms with Gasteiger partial charge in [-0.25, -0.2) is 4.98 Å². The van der Waals surface area contributed by atoms with Crippen LogP contribution in [0.5, 0.6) is 0 Å². The van der Waals surface area contributed by atoms with Crippen LogP contribution in [0, 0.1) is 13.8 Å². The highest BCUT2D eigenvalue weighted by Gasteiger charge is 2.15. The second-order valence-corrected chi connectivity index (χ2v) is 6.94. The summed E-state index contributed by atoms with van der Waals surface area (Å²) in [5, 5.41) is 3.04. The molecular formula is C15H15N3O2S2. The van der Waals surface area contributed by atoms with E-state index in [4.69, 9.17) is 0 Å². The fraction of sp³-hybridized carbons (Fsp3) is 0.267. The lowest BCUT2D eigenvalue weighted by atomic mass is 10.2. The maximum Gasteiger partial charge on any atom is 0.262 e. The minimum Gasteiger partial charge on any atom is -0.362 e. The zero-order valence-corrected chi connectivity index (χ0v) is 14.1. The van der Waals surface area contributed by atoms with E-state index in [9.17, 15) is 9.59 Å². The van der Waals surface area contributed by atoms with Crippen LogP contribution in [0.2, 0.25) is 0 Å². The van der Waals surface area contributed by atoms with Crippen LogP contribution >= 0.6 is 23.1 Å². The normalized spacial score (nSPS) is 11.2. The first-order chi connectivity index (χ1) is 10.5. The van der Waals surface area contributed by atoms with Crippen LogP contribution in [0.15, 0.2) is 27.5 Å². The summed E-state index contributed by atoms with van der Waals surface area (Å²) in [5.74, 6) is 0.294. The van der Waals surface area contributed by atoms with Crippen molar-refractivity contribution in [3.05, 3.63) is 44.8 Å². The number of aryl methyl sites for hydroxylation is 2. The van der Waals surface area contributed by atoms with Gasteiger partial charge in [-0.05, 0) is 31.4 Å². The number of thiophene rings is 1. The van der Waals surface area contributed by atoms with Gasteiger partial charge in [0.25, 0.3) is 5.56 Å². The highest BCUT2D eigenvalue weighted by Crippen LogP contribution is 2.22. The third-order valence-electron chi connectivity index (χ3n) is 3.45. The summed E-state index contributed by atoms with van der Waals surface area (Å²) in [5.41, 5.74) is 2.47. The Kier molecular flexibility index (Phi) is 3.92. The van der Waals surface area contributed by atoms with Gasteiger partial charge in [0.05, 0.1) is 11.1 Å². The molecule has 3 aromatic rings. The molecule has 0 saturated carbocycles. The van der Waals surface area contributed by atoms with Gasteiger partial charge in [-0.3, -0.25) is 14.2 Å². The Morgan fingerprint density at radius 1 is 1.45 bits per heavy atom. The number of nitrogens with one attached hydrogen (secondary N) is 1. The number of aromatic amines is 1. The first-order valence-electron chi connectivity index (χ1n) is 6.74. The minimum atomic E-state index is -0.0742. The summed E-state index contributed by atoms with van der Waals surface area (Å²) >= 11 is 2.73. The van der Waals surface area contributed by atoms with Gasteiger partial charge in [-0.15, -0.1) is 11.3 Å². The molecule has 0 atom stereocenters. The molecule has 3 rings (SSSR count). The molecular weight excluding hydrogens is 318 g/mol. The van der Waals surface area contributed by atoms with E-state index in [2.05, 4.69) is 9.97 Å². The van der Waals surface area contributed by atoms with Gasteiger partial charge in [0, 0.05) is 24.0 Å². The summed E-state index contributed by atoms with van der Waals surface area (Å²) in [4.78, 5) is 32.8. The van der Waals surface area contributed by atoms with Gasteiger partial charge in [-0.2, -0.15) is 0 Å². The number of ketones is 1. The van der Waals surface area contributed by atoms with E-state index in [1.165, 1.54) is 27.7 Å². The van der Waals surface area contributed by atoms with E-state index in [1.807, 2.05) is 25.3 Å². The van der Waals surface area contributed by atoms with Crippen molar-refractivity contribution in [3.63, 3.8) is 0 Å². The molecule has 0 bridgehead atoms. The number of H-pyrrole nitrogens is 1. The summed E-state index contributed by atoms with van der Waals surface area (Å²) < 4.78 is 1.50. The average Bonchev–Trinajstić information content (AvgIpc) is 3.07. The molecule has 0 saturated heterocycles. The quantitative estimate of drug-likeness (QED) is 0.453. The highest BCUT2D eigenvalue weighted by atomic mass is 32.2. The van der Waals surface area contributed by atoms with Gasteiger partial charge in [-0.1, -0.05) is 11.8 Å². The van der Waals surface area contributed by atoms with E-state index in [0.717, 1.165) is 11.4 Å². The largest absolute Gasteiger partial charge is 0.362 e. The molecule has 0 radical (unpaired) electrons. The smallest absolute Gasteiger partial charge is 0.262 e. The third-order valence-corrected chi connectivity index (χ3v) is 5.28. The molecule has 0 fully saturated rings. The Hall–Kier alpha value is -1.86. The van der Waals surface area contributed by atoms with Crippen molar-refractivity contribution in [3.8, 4) is 0 Å². The SMILES string of the molecule is Cc1cc(C(=O)CSc2nc3sccc3c(=O)n2C)c(C)[nH]1. The Morgan fingerprint density at radius 2 is 2.23 bits per heavy atom. The Morgan fingerprint density at radius 3 is 2.91 bits per heavy atom. The van der Waals surface area contributed by atoms with Crippen LogP contribution in [0.4, 0.5) is 0 Å². The first kappa shape index (κ1) is 15.1. The zero-order valence-electron chi connectivity index (χ0n) is 12.5. The predicted molar refractivity (Wildman–Crippen MR) is 90.2 cm³/mol. The fourth-order valence-electron chi connectivity index (χ4n) is 2.33. The average molecular weight is 333 g/mol. The molecule has 22 heavy (non-hydrogen) atoms. The Bertz CT molecular complexity index is 921. The molecule has 5 nitrogen and oxygen atoms in total. The van der Waals surface area contributed by atoms with Crippen LogP contribution < -0.4 is 5.56 Å². The topological polar surface area (TPSA) is 67.8 Å². The molecule has 0 aliphatic carbocycles. The van der Waals surface area contributed by atoms with Crippen LogP contribution in [-0.4, -0.2) is 26.1 Å². The monoisotopic (exact) mass is 333 g/mol. The van der Waals surface area contributed by atoms with Crippen molar-refractivity contribution >= 4 is 39.1 Å². The van der Waals surface area contributed by atoms with Gasteiger partial charge in [0.2, 0.25) is 0 Å². The number of rotatable bonds is 4. The lowest BCUT2D eigenvalue weighted by Gasteiger charge is -2.06. The van der Waals surface area contributed by atoms with E-state index in [-0.39, 0.29) is 17.1 Å². The second kappa shape index (κ2) is 5.73. The van der Waals surface area contributed by atoms with E-state index in [1.54, 1.807) is 13.1 Å². The molecule has 0 amide bonds. The van der Waals surface area contributed by atoms with Crippen molar-refractivity contribution in [1.82, 2.24) is 14.5 Å². The number of fused-ring (bicyclic) bond motifs is 1. The summed E-state index contributed by atoms with van der Waals surface area (Å²) in [6, 6.07) is 3.63. The van der Waals surface area contributed by atoms with Gasteiger partial charge >= 0.3 is 0 Å². The molecule has 3 heterocycles. The second-order valence-electron chi connectivity index (χ2n) is 5.10. The molecule has 0 aromatic carbocycles. The maximum absolute atomic E-state index is 12.3. The predicted octanol–water partition coefficient (Wildman–Crippen LogP) is 2.91. The number of hydrogen-bond donors (Lipinski definition) is 1. The van der Waals surface area contributed by atoms with Gasteiger partial charge in [0.15, 0.2) is 10.9 Å². The van der Waals surface area contributed by atoms with Crippen LogP contribution in [0.1, 0.15) is 21.7 Å². The number of carbonyl (C=O) groups excluding carboxylic acids is 1. The first-order valence-corrected chi connectivity index (χ1v) is 8.60. The number of nitrogens with zero attached hydrogens (tertiary/aromatic N) is 2. The highest BCUT2D eigenvalue weighted by molar-refractivity contribution is 7.99. The number of carbonyl (C=O) groups is 1. The molecule has 0 unspecified atom stereocenters. The summed E-state index contributed by atoms with van der Waals surface area (Å²) in [6.45, 7) is 3.81. The number of hydrogen-bond acceptors (Lipinski definition) is 5. The Balaban J connectivity index is 1.85. The number of thioether (sulfide) groups is 1. The van der Waals surface area contributed by atoms with E-state index in [0.29, 0.717) is 20.9 Å². The lowest BCUT2D eigenvalue weighted by molar-refractivity contribution is 0.102. The van der Waals surface area contributed by atoms with Gasteiger partial charge < -0.3 is 4.98 Å². The van der Waals surface area contributed by atoms with Crippen LogP contribution in [0.3, 0.4) is 0 Å². The lowest BCUT2D eigenvalue weighted by Crippen LogP contribution is -2.19. The molecule has 0 aliphatic rings. The number of aromatic nitrogens is 3. The standard InChI is InChI=1S/C15H15N3O2S2/c1-8-6-11(9(2)16-8)12(19)7-22-15-17-13-10(4-5-21-13)14(20)18(15)3/h4-6,16H,7H2,1-3H3. The maximum atomic E-state index is 12.3. The Labute approximate surface area is 135 Å².